The molecule has 78 valence electrons. The first kappa shape index (κ1) is 9.99. The minimum absolute atomic E-state index is 0.147. The summed E-state index contributed by atoms with van der Waals surface area (Å²) in [6.07, 6.45) is 0.830. The zero-order valence-corrected chi connectivity index (χ0v) is 8.90. The molecule has 2 aromatic rings. The van der Waals surface area contributed by atoms with E-state index in [0.29, 0.717) is 0 Å². The maximum atomic E-state index is 5.98. The number of nitrogens with two attached hydrogens (primary N) is 2. The Bertz CT molecular complexity index is 475. The van der Waals surface area contributed by atoms with Crippen molar-refractivity contribution in [1.29, 1.82) is 0 Å². The standard InChI is InChI=1S/C13H16N2/c1-9(14)6-12-7-10-4-2-3-5-11(10)8-13(12)15/h2-5,7-9H,6,14-15H2,1H3. The monoisotopic (exact) mass is 200 g/mol. The van der Waals surface area contributed by atoms with Crippen molar-refractivity contribution in [3.63, 3.8) is 0 Å². The Balaban J connectivity index is 2.52. The normalized spacial score (nSPS) is 12.9. The summed E-state index contributed by atoms with van der Waals surface area (Å²) in [5.74, 6) is 0. The van der Waals surface area contributed by atoms with Gasteiger partial charge >= 0.3 is 0 Å². The molecule has 0 heterocycles. The molecule has 2 aromatic carbocycles. The topological polar surface area (TPSA) is 52.0 Å². The summed E-state index contributed by atoms with van der Waals surface area (Å²) in [4.78, 5) is 0. The predicted molar refractivity (Wildman–Crippen MR) is 65.7 cm³/mol. The zero-order valence-electron chi connectivity index (χ0n) is 8.90. The van der Waals surface area contributed by atoms with E-state index in [1.807, 2.05) is 25.1 Å². The number of hydrogen-bond acceptors (Lipinski definition) is 2. The highest BCUT2D eigenvalue weighted by Gasteiger charge is 2.04. The number of anilines is 1. The fourth-order valence-electron chi connectivity index (χ4n) is 1.83. The van der Waals surface area contributed by atoms with Crippen LogP contribution in [0.25, 0.3) is 10.8 Å². The largest absolute Gasteiger partial charge is 0.398 e. The Morgan fingerprint density at radius 1 is 1.13 bits per heavy atom. The number of rotatable bonds is 2. The molecule has 0 saturated carbocycles. The SMILES string of the molecule is CC(N)Cc1cc2ccccc2cc1N. The maximum Gasteiger partial charge on any atom is 0.0353 e. The molecule has 0 spiro atoms. The highest BCUT2D eigenvalue weighted by molar-refractivity contribution is 5.86. The Hall–Kier alpha value is -1.54. The van der Waals surface area contributed by atoms with E-state index in [1.54, 1.807) is 0 Å². The Morgan fingerprint density at radius 3 is 2.33 bits per heavy atom. The van der Waals surface area contributed by atoms with E-state index in [2.05, 4.69) is 18.2 Å². The molecule has 1 unspecified atom stereocenters. The smallest absolute Gasteiger partial charge is 0.0353 e. The van der Waals surface area contributed by atoms with Crippen LogP contribution in [-0.2, 0) is 6.42 Å². The fourth-order valence-corrected chi connectivity index (χ4v) is 1.83. The second-order valence-electron chi connectivity index (χ2n) is 4.08. The van der Waals surface area contributed by atoms with Gasteiger partial charge in [0.25, 0.3) is 0 Å². The summed E-state index contributed by atoms with van der Waals surface area (Å²) < 4.78 is 0. The van der Waals surface area contributed by atoms with E-state index in [9.17, 15) is 0 Å². The summed E-state index contributed by atoms with van der Waals surface area (Å²) in [5.41, 5.74) is 13.7. The van der Waals surface area contributed by atoms with Gasteiger partial charge in [-0.15, -0.1) is 0 Å². The van der Waals surface area contributed by atoms with E-state index >= 15 is 0 Å². The molecule has 0 bridgehead atoms. The predicted octanol–water partition coefficient (Wildman–Crippen LogP) is 2.31. The van der Waals surface area contributed by atoms with Gasteiger partial charge in [0.15, 0.2) is 0 Å². The van der Waals surface area contributed by atoms with Crippen molar-refractivity contribution >= 4 is 16.5 Å². The van der Waals surface area contributed by atoms with Gasteiger partial charge in [0.05, 0.1) is 0 Å². The van der Waals surface area contributed by atoms with Gasteiger partial charge in [-0.25, -0.2) is 0 Å². The molecule has 0 aliphatic rings. The van der Waals surface area contributed by atoms with Gasteiger partial charge in [0.2, 0.25) is 0 Å². The van der Waals surface area contributed by atoms with Crippen molar-refractivity contribution in [3.8, 4) is 0 Å². The van der Waals surface area contributed by atoms with Crippen molar-refractivity contribution in [3.05, 3.63) is 42.0 Å². The van der Waals surface area contributed by atoms with Crippen molar-refractivity contribution in [2.75, 3.05) is 5.73 Å². The van der Waals surface area contributed by atoms with Crippen molar-refractivity contribution < 1.29 is 0 Å². The molecule has 2 nitrogen and oxygen atoms in total. The molecular formula is C13H16N2. The first-order chi connectivity index (χ1) is 7.16. The van der Waals surface area contributed by atoms with Crippen LogP contribution in [0.1, 0.15) is 12.5 Å². The molecule has 0 aromatic heterocycles. The average Bonchev–Trinajstić information content (AvgIpc) is 2.18. The molecule has 0 aliphatic carbocycles. The third-order valence-electron chi connectivity index (χ3n) is 2.55. The minimum Gasteiger partial charge on any atom is -0.398 e. The van der Waals surface area contributed by atoms with Gasteiger partial charge in [-0.05, 0) is 41.8 Å². The van der Waals surface area contributed by atoms with Gasteiger partial charge in [0.1, 0.15) is 0 Å². The molecule has 0 aliphatic heterocycles. The fraction of sp³-hybridized carbons (Fsp3) is 0.231. The zero-order chi connectivity index (χ0) is 10.8. The molecule has 0 radical (unpaired) electrons. The first-order valence-corrected chi connectivity index (χ1v) is 5.19. The average molecular weight is 200 g/mol. The number of benzene rings is 2. The van der Waals surface area contributed by atoms with E-state index < -0.39 is 0 Å². The quantitative estimate of drug-likeness (QED) is 0.731. The lowest BCUT2D eigenvalue weighted by Crippen LogP contribution is -2.18. The molecule has 0 saturated heterocycles. The van der Waals surface area contributed by atoms with Crippen LogP contribution in [0.5, 0.6) is 0 Å². The molecule has 0 fully saturated rings. The van der Waals surface area contributed by atoms with Gasteiger partial charge in [-0.3, -0.25) is 0 Å². The molecule has 1 atom stereocenters. The third-order valence-corrected chi connectivity index (χ3v) is 2.55. The van der Waals surface area contributed by atoms with Crippen molar-refractivity contribution in [2.24, 2.45) is 5.73 Å². The van der Waals surface area contributed by atoms with Gasteiger partial charge in [0, 0.05) is 11.7 Å². The molecule has 15 heavy (non-hydrogen) atoms. The second kappa shape index (κ2) is 3.91. The lowest BCUT2D eigenvalue weighted by Gasteiger charge is -2.10. The minimum atomic E-state index is 0.147. The number of nitrogen functional groups attached to an aromatic ring is 1. The van der Waals surface area contributed by atoms with Crippen LogP contribution in [0.15, 0.2) is 36.4 Å². The van der Waals surface area contributed by atoms with Crippen LogP contribution in [0, 0.1) is 0 Å². The van der Waals surface area contributed by atoms with Crippen LogP contribution < -0.4 is 11.5 Å². The summed E-state index contributed by atoms with van der Waals surface area (Å²) in [7, 11) is 0. The van der Waals surface area contributed by atoms with Gasteiger partial charge in [-0.1, -0.05) is 24.3 Å². The van der Waals surface area contributed by atoms with Crippen LogP contribution in [-0.4, -0.2) is 6.04 Å². The Morgan fingerprint density at radius 2 is 1.73 bits per heavy atom. The highest BCUT2D eigenvalue weighted by atomic mass is 14.6. The van der Waals surface area contributed by atoms with Gasteiger partial charge in [-0.2, -0.15) is 0 Å². The second-order valence-corrected chi connectivity index (χ2v) is 4.08. The first-order valence-electron chi connectivity index (χ1n) is 5.19. The van der Waals surface area contributed by atoms with E-state index in [-0.39, 0.29) is 6.04 Å². The number of fused-ring (bicyclic) bond motifs is 1. The lowest BCUT2D eigenvalue weighted by atomic mass is 10.0. The molecule has 2 rings (SSSR count). The van der Waals surface area contributed by atoms with Crippen molar-refractivity contribution in [1.82, 2.24) is 0 Å². The summed E-state index contributed by atoms with van der Waals surface area (Å²) >= 11 is 0. The van der Waals surface area contributed by atoms with Crippen LogP contribution >= 0.6 is 0 Å². The molecule has 0 amide bonds. The maximum absolute atomic E-state index is 5.98. The number of hydrogen-bond donors (Lipinski definition) is 2. The van der Waals surface area contributed by atoms with Crippen LogP contribution in [0.2, 0.25) is 0 Å². The Kier molecular flexibility index (Phi) is 2.60. The van der Waals surface area contributed by atoms with E-state index in [4.69, 9.17) is 11.5 Å². The highest BCUT2D eigenvalue weighted by Crippen LogP contribution is 2.22. The summed E-state index contributed by atoms with van der Waals surface area (Å²) in [5, 5.41) is 2.41. The van der Waals surface area contributed by atoms with Crippen molar-refractivity contribution in [2.45, 2.75) is 19.4 Å². The van der Waals surface area contributed by atoms with Crippen LogP contribution in [0.3, 0.4) is 0 Å². The lowest BCUT2D eigenvalue weighted by molar-refractivity contribution is 0.740. The summed E-state index contributed by atoms with van der Waals surface area (Å²) in [6, 6.07) is 12.5. The molecule has 2 heteroatoms. The van der Waals surface area contributed by atoms with E-state index in [0.717, 1.165) is 17.7 Å². The molecule has 4 N–H and O–H groups in total. The summed E-state index contributed by atoms with van der Waals surface area (Å²) in [6.45, 7) is 1.99. The van der Waals surface area contributed by atoms with Crippen LogP contribution in [0.4, 0.5) is 5.69 Å². The third kappa shape index (κ3) is 2.10. The van der Waals surface area contributed by atoms with Gasteiger partial charge < -0.3 is 11.5 Å². The van der Waals surface area contributed by atoms with E-state index in [1.165, 1.54) is 10.8 Å². The molecular weight excluding hydrogens is 184 g/mol. The Labute approximate surface area is 89.9 Å².